The highest BCUT2D eigenvalue weighted by molar-refractivity contribution is 6.35. The van der Waals surface area contributed by atoms with Crippen molar-refractivity contribution >= 4 is 35.0 Å². The standard InChI is InChI=1S/C26H34Cl2N2O3/c1-17(24(32)29-26(5,6)7)30(15-18-12-13-19(27)14-21(18)28)23(31)16-33-22-11-9-8-10-20(22)25(2,3)4/h8-14,17H,15-16H2,1-7H3,(H,29,32)/t17-/m1/s1. The molecular formula is C26H34Cl2N2O3. The van der Waals surface area contributed by atoms with Crippen LogP contribution in [-0.4, -0.2) is 34.9 Å². The van der Waals surface area contributed by atoms with Gasteiger partial charge in [-0.15, -0.1) is 0 Å². The van der Waals surface area contributed by atoms with Gasteiger partial charge in [0, 0.05) is 22.1 Å². The van der Waals surface area contributed by atoms with E-state index >= 15 is 0 Å². The van der Waals surface area contributed by atoms with Crippen molar-refractivity contribution in [2.75, 3.05) is 6.61 Å². The molecule has 2 aromatic carbocycles. The summed E-state index contributed by atoms with van der Waals surface area (Å²) in [6.45, 7) is 13.6. The van der Waals surface area contributed by atoms with Crippen LogP contribution in [0.25, 0.3) is 0 Å². The van der Waals surface area contributed by atoms with Crippen molar-refractivity contribution < 1.29 is 14.3 Å². The van der Waals surface area contributed by atoms with E-state index in [4.69, 9.17) is 27.9 Å². The number of nitrogens with zero attached hydrogens (tertiary/aromatic N) is 1. The number of hydrogen-bond donors (Lipinski definition) is 1. The lowest BCUT2D eigenvalue weighted by atomic mass is 9.86. The molecule has 1 atom stereocenters. The minimum absolute atomic E-state index is 0.143. The maximum Gasteiger partial charge on any atom is 0.261 e. The van der Waals surface area contributed by atoms with E-state index in [1.165, 1.54) is 4.90 Å². The molecule has 0 aliphatic carbocycles. The highest BCUT2D eigenvalue weighted by Gasteiger charge is 2.29. The van der Waals surface area contributed by atoms with Crippen LogP contribution in [0.4, 0.5) is 0 Å². The molecule has 0 unspecified atom stereocenters. The molecule has 2 amide bonds. The summed E-state index contributed by atoms with van der Waals surface area (Å²) >= 11 is 12.4. The molecule has 0 saturated carbocycles. The normalized spacial score (nSPS) is 12.8. The first-order valence-corrected chi connectivity index (χ1v) is 11.7. The van der Waals surface area contributed by atoms with E-state index in [9.17, 15) is 9.59 Å². The second-order valence-corrected chi connectivity index (χ2v) is 11.1. The van der Waals surface area contributed by atoms with Gasteiger partial charge in [0.15, 0.2) is 6.61 Å². The Kier molecular flexibility index (Phi) is 8.83. The summed E-state index contributed by atoms with van der Waals surface area (Å²) in [4.78, 5) is 27.7. The molecule has 2 aromatic rings. The molecule has 5 nitrogen and oxygen atoms in total. The number of carbonyl (C=O) groups excluding carboxylic acids is 2. The summed E-state index contributed by atoms with van der Waals surface area (Å²) in [5.41, 5.74) is 1.12. The van der Waals surface area contributed by atoms with E-state index in [1.807, 2.05) is 45.0 Å². The third kappa shape index (κ3) is 7.94. The van der Waals surface area contributed by atoms with Gasteiger partial charge in [0.2, 0.25) is 5.91 Å². The molecular weight excluding hydrogens is 459 g/mol. The highest BCUT2D eigenvalue weighted by Crippen LogP contribution is 2.31. The van der Waals surface area contributed by atoms with Crippen molar-refractivity contribution in [3.8, 4) is 5.75 Å². The number of carbonyl (C=O) groups is 2. The SMILES string of the molecule is C[C@H](C(=O)NC(C)(C)C)N(Cc1ccc(Cl)cc1Cl)C(=O)COc1ccccc1C(C)(C)C. The van der Waals surface area contributed by atoms with Gasteiger partial charge in [-0.05, 0) is 62.4 Å². The van der Waals surface area contributed by atoms with Crippen LogP contribution in [-0.2, 0) is 21.5 Å². The molecule has 0 aliphatic heterocycles. The number of hydrogen-bond acceptors (Lipinski definition) is 3. The molecule has 0 heterocycles. The zero-order chi connectivity index (χ0) is 25.0. The van der Waals surface area contributed by atoms with Gasteiger partial charge in [-0.3, -0.25) is 9.59 Å². The van der Waals surface area contributed by atoms with Crippen molar-refractivity contribution in [2.24, 2.45) is 0 Å². The molecule has 0 bridgehead atoms. The molecule has 0 fully saturated rings. The van der Waals surface area contributed by atoms with E-state index in [0.29, 0.717) is 21.4 Å². The van der Waals surface area contributed by atoms with Crippen LogP contribution in [0.5, 0.6) is 5.75 Å². The van der Waals surface area contributed by atoms with Gasteiger partial charge in [-0.2, -0.15) is 0 Å². The smallest absolute Gasteiger partial charge is 0.261 e. The van der Waals surface area contributed by atoms with Crippen molar-refractivity contribution in [1.29, 1.82) is 0 Å². The summed E-state index contributed by atoms with van der Waals surface area (Å²) in [6, 6.07) is 12.0. The van der Waals surface area contributed by atoms with Crippen LogP contribution in [0.15, 0.2) is 42.5 Å². The first-order valence-electron chi connectivity index (χ1n) is 11.0. The summed E-state index contributed by atoms with van der Waals surface area (Å²) in [6.07, 6.45) is 0. The summed E-state index contributed by atoms with van der Waals surface area (Å²) in [5, 5.41) is 3.87. The zero-order valence-electron chi connectivity index (χ0n) is 20.5. The quantitative estimate of drug-likeness (QED) is 0.515. The predicted molar refractivity (Wildman–Crippen MR) is 135 cm³/mol. The maximum absolute atomic E-state index is 13.3. The minimum atomic E-state index is -0.732. The van der Waals surface area contributed by atoms with Crippen molar-refractivity contribution in [1.82, 2.24) is 10.2 Å². The Labute approximate surface area is 207 Å². The number of para-hydroxylation sites is 1. The largest absolute Gasteiger partial charge is 0.483 e. The summed E-state index contributed by atoms with van der Waals surface area (Å²) in [5.74, 6) is 0.0759. The second kappa shape index (κ2) is 10.8. The van der Waals surface area contributed by atoms with Crippen LogP contribution < -0.4 is 10.1 Å². The van der Waals surface area contributed by atoms with Gasteiger partial charge >= 0.3 is 0 Å². The van der Waals surface area contributed by atoms with Crippen LogP contribution in [0.1, 0.15) is 59.6 Å². The van der Waals surface area contributed by atoms with Crippen molar-refractivity contribution in [3.63, 3.8) is 0 Å². The monoisotopic (exact) mass is 492 g/mol. The van der Waals surface area contributed by atoms with Crippen LogP contribution >= 0.6 is 23.2 Å². The van der Waals surface area contributed by atoms with Gasteiger partial charge in [0.1, 0.15) is 11.8 Å². The maximum atomic E-state index is 13.3. The van der Waals surface area contributed by atoms with Crippen molar-refractivity contribution in [3.05, 3.63) is 63.6 Å². The van der Waals surface area contributed by atoms with Crippen molar-refractivity contribution in [2.45, 2.75) is 72.0 Å². The van der Waals surface area contributed by atoms with Gasteiger partial charge in [-0.25, -0.2) is 0 Å². The Morgan fingerprint density at radius 2 is 1.67 bits per heavy atom. The molecule has 180 valence electrons. The number of ether oxygens (including phenoxy) is 1. The molecule has 33 heavy (non-hydrogen) atoms. The number of rotatable bonds is 7. The van der Waals surface area contributed by atoms with Crippen LogP contribution in [0.2, 0.25) is 10.0 Å². The summed E-state index contributed by atoms with van der Waals surface area (Å²) in [7, 11) is 0. The molecule has 0 spiro atoms. The number of nitrogens with one attached hydrogen (secondary N) is 1. The Morgan fingerprint density at radius 1 is 1.03 bits per heavy atom. The van der Waals surface area contributed by atoms with Gasteiger partial charge in [0.25, 0.3) is 5.91 Å². The summed E-state index contributed by atoms with van der Waals surface area (Å²) < 4.78 is 5.95. The van der Waals surface area contributed by atoms with Gasteiger partial charge in [-0.1, -0.05) is 68.2 Å². The van der Waals surface area contributed by atoms with E-state index in [1.54, 1.807) is 25.1 Å². The molecule has 0 aromatic heterocycles. The molecule has 2 rings (SSSR count). The third-order valence-corrected chi connectivity index (χ3v) is 5.65. The predicted octanol–water partition coefficient (Wildman–Crippen LogP) is 6.00. The van der Waals surface area contributed by atoms with Gasteiger partial charge in [0.05, 0.1) is 0 Å². The number of benzene rings is 2. The third-order valence-electron chi connectivity index (χ3n) is 5.07. The lowest BCUT2D eigenvalue weighted by Crippen LogP contribution is -2.53. The average Bonchev–Trinajstić information content (AvgIpc) is 2.69. The first-order chi connectivity index (χ1) is 15.2. The highest BCUT2D eigenvalue weighted by atomic mass is 35.5. The zero-order valence-corrected chi connectivity index (χ0v) is 22.0. The molecule has 1 N–H and O–H groups in total. The van der Waals surface area contributed by atoms with E-state index in [0.717, 1.165) is 5.56 Å². The van der Waals surface area contributed by atoms with Crippen LogP contribution in [0.3, 0.4) is 0 Å². The molecule has 0 saturated heterocycles. The fourth-order valence-corrected chi connectivity index (χ4v) is 3.79. The molecule has 0 aliphatic rings. The van der Waals surface area contributed by atoms with E-state index < -0.39 is 11.6 Å². The Bertz CT molecular complexity index is 994. The lowest BCUT2D eigenvalue weighted by Gasteiger charge is -2.32. The van der Waals surface area contributed by atoms with E-state index in [2.05, 4.69) is 26.1 Å². The topological polar surface area (TPSA) is 58.6 Å². The Morgan fingerprint density at radius 3 is 2.24 bits per heavy atom. The molecule has 0 radical (unpaired) electrons. The number of halogens is 2. The first kappa shape index (κ1) is 27.0. The number of amides is 2. The lowest BCUT2D eigenvalue weighted by molar-refractivity contribution is -0.142. The van der Waals surface area contributed by atoms with Gasteiger partial charge < -0.3 is 15.0 Å². The fraction of sp³-hybridized carbons (Fsp3) is 0.462. The molecule has 7 heteroatoms. The Balaban J connectivity index is 2.29. The Hall–Kier alpha value is -2.24. The van der Waals surface area contributed by atoms with E-state index in [-0.39, 0.29) is 30.4 Å². The average molecular weight is 493 g/mol. The van der Waals surface area contributed by atoms with Crippen LogP contribution in [0, 0.1) is 0 Å². The fourth-order valence-electron chi connectivity index (χ4n) is 3.32. The minimum Gasteiger partial charge on any atom is -0.483 e. The second-order valence-electron chi connectivity index (χ2n) is 10.2.